The third-order valence-corrected chi connectivity index (χ3v) is 2.81. The smallest absolute Gasteiger partial charge is 0.407 e. The highest BCUT2D eigenvalue weighted by Gasteiger charge is 2.24. The van der Waals surface area contributed by atoms with Gasteiger partial charge < -0.3 is 15.4 Å². The summed E-state index contributed by atoms with van der Waals surface area (Å²) in [7, 11) is 0. The van der Waals surface area contributed by atoms with Crippen molar-refractivity contribution in [2.75, 3.05) is 6.61 Å². The van der Waals surface area contributed by atoms with Crippen LogP contribution in [0.5, 0.6) is 0 Å². The van der Waals surface area contributed by atoms with Crippen LogP contribution in [-0.2, 0) is 16.1 Å². The zero-order valence-electron chi connectivity index (χ0n) is 12.2. The third-order valence-electron chi connectivity index (χ3n) is 2.81. The van der Waals surface area contributed by atoms with Gasteiger partial charge in [-0.15, -0.1) is 0 Å². The van der Waals surface area contributed by atoms with Gasteiger partial charge in [0.05, 0.1) is 6.61 Å². The molecule has 0 aliphatic heterocycles. The van der Waals surface area contributed by atoms with E-state index in [1.54, 1.807) is 6.92 Å². The van der Waals surface area contributed by atoms with Gasteiger partial charge in [-0.3, -0.25) is 4.79 Å². The maximum atomic E-state index is 12.1. The van der Waals surface area contributed by atoms with Crippen LogP contribution in [0.1, 0.15) is 26.3 Å². The second-order valence-electron chi connectivity index (χ2n) is 4.79. The Morgan fingerprint density at radius 3 is 2.40 bits per heavy atom. The predicted molar refractivity (Wildman–Crippen MR) is 77.1 cm³/mol. The number of rotatable bonds is 6. The van der Waals surface area contributed by atoms with E-state index in [-0.39, 0.29) is 18.4 Å². The lowest BCUT2D eigenvalue weighted by Gasteiger charge is -2.21. The molecule has 5 nitrogen and oxygen atoms in total. The average Bonchev–Trinajstić information content (AvgIpc) is 2.43. The van der Waals surface area contributed by atoms with Crippen molar-refractivity contribution in [2.45, 2.75) is 33.4 Å². The Bertz CT molecular complexity index is 432. The molecule has 0 bridgehead atoms. The summed E-state index contributed by atoms with van der Waals surface area (Å²) in [6.45, 7) is 6.19. The quantitative estimate of drug-likeness (QED) is 0.837. The molecule has 5 heteroatoms. The van der Waals surface area contributed by atoms with Crippen molar-refractivity contribution in [3.63, 3.8) is 0 Å². The zero-order chi connectivity index (χ0) is 15.0. The first kappa shape index (κ1) is 16.0. The van der Waals surface area contributed by atoms with Crippen molar-refractivity contribution in [1.29, 1.82) is 0 Å². The van der Waals surface area contributed by atoms with Crippen molar-refractivity contribution in [1.82, 2.24) is 10.6 Å². The Hall–Kier alpha value is -2.04. The average molecular weight is 278 g/mol. The van der Waals surface area contributed by atoms with Gasteiger partial charge in [0.25, 0.3) is 0 Å². The van der Waals surface area contributed by atoms with Crippen molar-refractivity contribution >= 4 is 12.0 Å². The normalized spacial score (nSPS) is 11.8. The summed E-state index contributed by atoms with van der Waals surface area (Å²) in [6, 6.07) is 9.02. The van der Waals surface area contributed by atoms with Gasteiger partial charge in [0.2, 0.25) is 5.91 Å². The minimum Gasteiger partial charge on any atom is -0.450 e. The molecule has 110 valence electrons. The van der Waals surface area contributed by atoms with Crippen LogP contribution < -0.4 is 10.6 Å². The fourth-order valence-electron chi connectivity index (χ4n) is 1.73. The number of ether oxygens (including phenoxy) is 1. The standard InChI is InChI=1S/C15H22N2O3/c1-4-20-15(19)17-13(11(2)3)14(18)16-10-12-8-6-5-7-9-12/h5-9,11,13H,4,10H2,1-3H3,(H,16,18)(H,17,19). The molecule has 0 saturated heterocycles. The maximum Gasteiger partial charge on any atom is 0.407 e. The van der Waals surface area contributed by atoms with Crippen LogP contribution in [0.4, 0.5) is 4.79 Å². The van der Waals surface area contributed by atoms with Gasteiger partial charge in [-0.2, -0.15) is 0 Å². The number of amides is 2. The molecule has 0 fully saturated rings. The van der Waals surface area contributed by atoms with Crippen LogP contribution in [0.25, 0.3) is 0 Å². The molecule has 0 aromatic heterocycles. The monoisotopic (exact) mass is 278 g/mol. The molecular weight excluding hydrogens is 256 g/mol. The fraction of sp³-hybridized carbons (Fsp3) is 0.467. The van der Waals surface area contributed by atoms with E-state index >= 15 is 0 Å². The summed E-state index contributed by atoms with van der Waals surface area (Å²) in [6.07, 6.45) is -0.568. The van der Waals surface area contributed by atoms with E-state index in [0.29, 0.717) is 6.54 Å². The molecule has 1 atom stereocenters. The first-order valence-corrected chi connectivity index (χ1v) is 6.79. The molecule has 0 spiro atoms. The summed E-state index contributed by atoms with van der Waals surface area (Å²) in [4.78, 5) is 23.5. The summed E-state index contributed by atoms with van der Waals surface area (Å²) >= 11 is 0. The van der Waals surface area contributed by atoms with E-state index in [4.69, 9.17) is 4.74 Å². The third kappa shape index (κ3) is 5.30. The number of benzene rings is 1. The topological polar surface area (TPSA) is 67.4 Å². The molecule has 0 saturated carbocycles. The van der Waals surface area contributed by atoms with Gasteiger partial charge in [0.15, 0.2) is 0 Å². The van der Waals surface area contributed by atoms with Crippen LogP contribution in [-0.4, -0.2) is 24.6 Å². The second-order valence-corrected chi connectivity index (χ2v) is 4.79. The molecule has 1 aromatic rings. The van der Waals surface area contributed by atoms with E-state index in [1.807, 2.05) is 44.2 Å². The van der Waals surface area contributed by atoms with E-state index in [9.17, 15) is 9.59 Å². The Balaban J connectivity index is 2.54. The van der Waals surface area contributed by atoms with Crippen molar-refractivity contribution in [3.05, 3.63) is 35.9 Å². The molecule has 2 amide bonds. The van der Waals surface area contributed by atoms with E-state index in [2.05, 4.69) is 10.6 Å². The first-order chi connectivity index (χ1) is 9.54. The van der Waals surface area contributed by atoms with E-state index < -0.39 is 12.1 Å². The SMILES string of the molecule is CCOC(=O)NC(C(=O)NCc1ccccc1)C(C)C. The van der Waals surface area contributed by atoms with Crippen LogP contribution in [0, 0.1) is 5.92 Å². The van der Waals surface area contributed by atoms with Gasteiger partial charge in [-0.25, -0.2) is 4.79 Å². The van der Waals surface area contributed by atoms with Gasteiger partial charge in [-0.05, 0) is 18.4 Å². The highest BCUT2D eigenvalue weighted by molar-refractivity contribution is 5.85. The Morgan fingerprint density at radius 1 is 1.20 bits per heavy atom. The van der Waals surface area contributed by atoms with E-state index in [1.165, 1.54) is 0 Å². The molecular formula is C15H22N2O3. The highest BCUT2D eigenvalue weighted by atomic mass is 16.5. The van der Waals surface area contributed by atoms with Gasteiger partial charge in [-0.1, -0.05) is 44.2 Å². The molecule has 2 N–H and O–H groups in total. The maximum absolute atomic E-state index is 12.1. The van der Waals surface area contributed by atoms with Crippen LogP contribution >= 0.6 is 0 Å². The number of hydrogen-bond donors (Lipinski definition) is 2. The van der Waals surface area contributed by atoms with Crippen molar-refractivity contribution in [2.24, 2.45) is 5.92 Å². The minimum atomic E-state index is -0.599. The number of alkyl carbamates (subject to hydrolysis) is 1. The number of nitrogens with one attached hydrogen (secondary N) is 2. The lowest BCUT2D eigenvalue weighted by molar-refractivity contribution is -0.124. The molecule has 1 aromatic carbocycles. The summed E-state index contributed by atoms with van der Waals surface area (Å²) in [5, 5.41) is 5.40. The Labute approximate surface area is 119 Å². The molecule has 20 heavy (non-hydrogen) atoms. The summed E-state index contributed by atoms with van der Waals surface area (Å²) in [5.41, 5.74) is 1.01. The number of carbonyl (C=O) groups excluding carboxylic acids is 2. The van der Waals surface area contributed by atoms with Gasteiger partial charge >= 0.3 is 6.09 Å². The molecule has 0 heterocycles. The summed E-state index contributed by atoms with van der Waals surface area (Å²) in [5.74, 6) is -0.230. The number of carbonyl (C=O) groups is 2. The van der Waals surface area contributed by atoms with Gasteiger partial charge in [0, 0.05) is 6.54 Å². The largest absolute Gasteiger partial charge is 0.450 e. The number of hydrogen-bond acceptors (Lipinski definition) is 3. The van der Waals surface area contributed by atoms with Crippen molar-refractivity contribution < 1.29 is 14.3 Å². The summed E-state index contributed by atoms with van der Waals surface area (Å²) < 4.78 is 4.81. The minimum absolute atomic E-state index is 0.0184. The Morgan fingerprint density at radius 2 is 1.85 bits per heavy atom. The molecule has 1 rings (SSSR count). The van der Waals surface area contributed by atoms with Gasteiger partial charge in [0.1, 0.15) is 6.04 Å². The van der Waals surface area contributed by atoms with Crippen LogP contribution in [0.15, 0.2) is 30.3 Å². The van der Waals surface area contributed by atoms with Crippen LogP contribution in [0.2, 0.25) is 0 Å². The highest BCUT2D eigenvalue weighted by Crippen LogP contribution is 2.04. The molecule has 1 unspecified atom stereocenters. The predicted octanol–water partition coefficient (Wildman–Crippen LogP) is 2.07. The Kier molecular flexibility index (Phi) is 6.56. The first-order valence-electron chi connectivity index (χ1n) is 6.79. The second kappa shape index (κ2) is 8.19. The lowest BCUT2D eigenvalue weighted by atomic mass is 10.0. The molecule has 0 aliphatic rings. The fourth-order valence-corrected chi connectivity index (χ4v) is 1.73. The van der Waals surface area contributed by atoms with Crippen LogP contribution in [0.3, 0.4) is 0 Å². The van der Waals surface area contributed by atoms with Crippen molar-refractivity contribution in [3.8, 4) is 0 Å². The molecule has 0 aliphatic carbocycles. The zero-order valence-corrected chi connectivity index (χ0v) is 12.2. The van der Waals surface area contributed by atoms with E-state index in [0.717, 1.165) is 5.56 Å². The lowest BCUT2D eigenvalue weighted by Crippen LogP contribution is -2.49. The molecule has 0 radical (unpaired) electrons.